The first kappa shape index (κ1) is 29.0. The molecule has 0 unspecified atom stereocenters. The SMILES string of the molecule is Cc1c(C(=O)NCCOCCN)ccc(Nc2nccn3c(-c4ccc(OCC#CCO)cc4)cnc23)c1OC=O. The van der Waals surface area contributed by atoms with Gasteiger partial charge in [-0.05, 0) is 43.3 Å². The Balaban J connectivity index is 1.55. The molecule has 0 saturated heterocycles. The van der Waals surface area contributed by atoms with Crippen molar-refractivity contribution in [3.63, 3.8) is 0 Å². The predicted octanol–water partition coefficient (Wildman–Crippen LogP) is 2.06. The van der Waals surface area contributed by atoms with Crippen LogP contribution in [0.1, 0.15) is 15.9 Å². The fourth-order valence-corrected chi connectivity index (χ4v) is 4.05. The van der Waals surface area contributed by atoms with Crippen molar-refractivity contribution in [1.82, 2.24) is 19.7 Å². The van der Waals surface area contributed by atoms with Crippen molar-refractivity contribution in [2.75, 3.05) is 44.8 Å². The summed E-state index contributed by atoms with van der Waals surface area (Å²) in [5.41, 5.74) is 8.92. The maximum atomic E-state index is 12.7. The van der Waals surface area contributed by atoms with E-state index in [1.807, 2.05) is 28.7 Å². The fraction of sp³-hybridized carbons (Fsp3) is 0.241. The van der Waals surface area contributed by atoms with Gasteiger partial charge in [-0.2, -0.15) is 0 Å². The van der Waals surface area contributed by atoms with Crippen molar-refractivity contribution < 1.29 is 28.9 Å². The molecule has 0 aliphatic heterocycles. The number of rotatable bonds is 13. The van der Waals surface area contributed by atoms with Crippen molar-refractivity contribution in [3.05, 3.63) is 66.1 Å². The van der Waals surface area contributed by atoms with Crippen LogP contribution in [0.25, 0.3) is 16.9 Å². The second kappa shape index (κ2) is 14.4. The molecule has 0 fully saturated rings. The summed E-state index contributed by atoms with van der Waals surface area (Å²) in [6.45, 7) is 3.44. The first-order valence-corrected chi connectivity index (χ1v) is 12.8. The van der Waals surface area contributed by atoms with Gasteiger partial charge in [-0.25, -0.2) is 9.97 Å². The molecule has 0 aliphatic rings. The summed E-state index contributed by atoms with van der Waals surface area (Å²) in [5.74, 6) is 6.18. The second-order valence-corrected chi connectivity index (χ2v) is 8.55. The zero-order chi connectivity index (χ0) is 29.0. The molecule has 212 valence electrons. The molecular weight excluding hydrogens is 528 g/mol. The summed E-state index contributed by atoms with van der Waals surface area (Å²) in [4.78, 5) is 33.1. The van der Waals surface area contributed by atoms with Crippen LogP contribution in [0.3, 0.4) is 0 Å². The number of nitrogens with one attached hydrogen (secondary N) is 2. The lowest BCUT2D eigenvalue weighted by atomic mass is 10.1. The smallest absolute Gasteiger partial charge is 0.298 e. The van der Waals surface area contributed by atoms with E-state index in [4.69, 9.17) is 25.1 Å². The number of ether oxygens (including phenoxy) is 3. The average Bonchev–Trinajstić information content (AvgIpc) is 3.42. The number of fused-ring (bicyclic) bond motifs is 1. The number of benzene rings is 2. The summed E-state index contributed by atoms with van der Waals surface area (Å²) in [6.07, 6.45) is 5.14. The molecule has 1 amide bonds. The summed E-state index contributed by atoms with van der Waals surface area (Å²) < 4.78 is 18.0. The molecule has 0 saturated carbocycles. The van der Waals surface area contributed by atoms with Gasteiger partial charge >= 0.3 is 0 Å². The highest BCUT2D eigenvalue weighted by Crippen LogP contribution is 2.34. The lowest BCUT2D eigenvalue weighted by Gasteiger charge is -2.16. The Morgan fingerprint density at radius 2 is 1.98 bits per heavy atom. The van der Waals surface area contributed by atoms with Gasteiger partial charge in [-0.15, -0.1) is 0 Å². The number of anilines is 2. The molecule has 0 radical (unpaired) electrons. The molecule has 2 aromatic heterocycles. The van der Waals surface area contributed by atoms with E-state index in [-0.39, 0.29) is 24.9 Å². The Bertz CT molecular complexity index is 1560. The summed E-state index contributed by atoms with van der Waals surface area (Å²) in [6, 6.07) is 10.7. The normalized spacial score (nSPS) is 10.5. The molecule has 0 atom stereocenters. The van der Waals surface area contributed by atoms with Gasteiger partial charge in [0.1, 0.15) is 19.0 Å². The average molecular weight is 559 g/mol. The zero-order valence-corrected chi connectivity index (χ0v) is 22.4. The minimum Gasteiger partial charge on any atom is -0.481 e. The maximum Gasteiger partial charge on any atom is 0.298 e. The first-order valence-electron chi connectivity index (χ1n) is 12.8. The Morgan fingerprint density at radius 3 is 2.73 bits per heavy atom. The molecular formula is C29H30N6O6. The number of carbonyl (C=O) groups excluding carboxylic acids is 2. The number of aliphatic hydroxyl groups is 1. The minimum atomic E-state index is -0.325. The van der Waals surface area contributed by atoms with Crippen molar-refractivity contribution in [2.24, 2.45) is 5.73 Å². The number of aromatic nitrogens is 3. The Kier molecular flexibility index (Phi) is 10.2. The lowest BCUT2D eigenvalue weighted by Crippen LogP contribution is -2.28. The molecule has 2 aromatic carbocycles. The van der Waals surface area contributed by atoms with Gasteiger partial charge in [0, 0.05) is 42.2 Å². The van der Waals surface area contributed by atoms with E-state index in [9.17, 15) is 9.59 Å². The molecule has 0 aliphatic carbocycles. The van der Waals surface area contributed by atoms with E-state index in [0.717, 1.165) is 11.3 Å². The van der Waals surface area contributed by atoms with Crippen molar-refractivity contribution in [3.8, 4) is 34.6 Å². The van der Waals surface area contributed by atoms with Gasteiger partial charge in [0.15, 0.2) is 17.2 Å². The first-order chi connectivity index (χ1) is 20.1. The summed E-state index contributed by atoms with van der Waals surface area (Å²) in [7, 11) is 0. The monoisotopic (exact) mass is 558 g/mol. The van der Waals surface area contributed by atoms with Gasteiger partial charge in [-0.3, -0.25) is 14.0 Å². The number of nitrogens with two attached hydrogens (primary N) is 1. The van der Waals surface area contributed by atoms with Gasteiger partial charge in [0.05, 0.1) is 30.8 Å². The van der Waals surface area contributed by atoms with E-state index >= 15 is 0 Å². The number of nitrogens with zero attached hydrogens (tertiary/aromatic N) is 3. The third-order valence-electron chi connectivity index (χ3n) is 5.96. The van der Waals surface area contributed by atoms with Crippen LogP contribution in [0.4, 0.5) is 11.5 Å². The van der Waals surface area contributed by atoms with Crippen LogP contribution in [-0.4, -0.2) is 71.4 Å². The molecule has 12 nitrogen and oxygen atoms in total. The Hall–Kier alpha value is -4.96. The molecule has 12 heteroatoms. The van der Waals surface area contributed by atoms with E-state index in [0.29, 0.717) is 66.8 Å². The minimum absolute atomic E-state index is 0.182. The molecule has 5 N–H and O–H groups in total. The molecule has 4 aromatic rings. The topological polar surface area (TPSA) is 162 Å². The van der Waals surface area contributed by atoms with Crippen LogP contribution in [0.5, 0.6) is 11.5 Å². The number of hydrogen-bond donors (Lipinski definition) is 4. The highest BCUT2D eigenvalue weighted by atomic mass is 16.5. The fourth-order valence-electron chi connectivity index (χ4n) is 4.05. The Morgan fingerprint density at radius 1 is 1.15 bits per heavy atom. The zero-order valence-electron chi connectivity index (χ0n) is 22.4. The highest BCUT2D eigenvalue weighted by Gasteiger charge is 2.19. The number of hydrogen-bond acceptors (Lipinski definition) is 10. The second-order valence-electron chi connectivity index (χ2n) is 8.55. The highest BCUT2D eigenvalue weighted by molar-refractivity contribution is 5.97. The van der Waals surface area contributed by atoms with Gasteiger partial charge in [-0.1, -0.05) is 11.8 Å². The van der Waals surface area contributed by atoms with E-state index < -0.39 is 0 Å². The standard InChI is InChI=1S/C29H30N6O6/c1-20-23(29(38)32-12-17-39-16-10-30)8-9-24(26(20)41-19-37)34-27-28-33-18-25(35(28)13-11-31-27)21-4-6-22(7-5-21)40-15-3-2-14-36/h4-9,11,13,18-19,36H,10,12,14-17,30H2,1H3,(H,31,34)(H,32,38). The summed E-state index contributed by atoms with van der Waals surface area (Å²) >= 11 is 0. The largest absolute Gasteiger partial charge is 0.481 e. The maximum absolute atomic E-state index is 12.7. The molecule has 0 bridgehead atoms. The van der Waals surface area contributed by atoms with Crippen LogP contribution in [-0.2, 0) is 9.53 Å². The number of carbonyl (C=O) groups is 2. The molecule has 2 heterocycles. The van der Waals surface area contributed by atoms with Gasteiger partial charge in [0.2, 0.25) is 0 Å². The van der Waals surface area contributed by atoms with Crippen LogP contribution in [0, 0.1) is 18.8 Å². The van der Waals surface area contributed by atoms with Gasteiger partial charge < -0.3 is 35.7 Å². The van der Waals surface area contributed by atoms with Crippen LogP contribution < -0.4 is 25.8 Å². The number of amides is 1. The van der Waals surface area contributed by atoms with Crippen LogP contribution in [0.15, 0.2) is 55.0 Å². The van der Waals surface area contributed by atoms with Crippen LogP contribution >= 0.6 is 0 Å². The van der Waals surface area contributed by atoms with Crippen molar-refractivity contribution in [2.45, 2.75) is 6.92 Å². The van der Waals surface area contributed by atoms with Gasteiger partial charge in [0.25, 0.3) is 12.4 Å². The molecule has 41 heavy (non-hydrogen) atoms. The van der Waals surface area contributed by atoms with Crippen molar-refractivity contribution in [1.29, 1.82) is 0 Å². The predicted molar refractivity (Wildman–Crippen MR) is 152 cm³/mol. The Labute approximate surface area is 236 Å². The van der Waals surface area contributed by atoms with Crippen LogP contribution in [0.2, 0.25) is 0 Å². The molecule has 0 spiro atoms. The third kappa shape index (κ3) is 7.17. The quantitative estimate of drug-likeness (QED) is 0.109. The third-order valence-corrected chi connectivity index (χ3v) is 5.96. The number of imidazole rings is 1. The molecule has 4 rings (SSSR count). The van der Waals surface area contributed by atoms with E-state index in [1.165, 1.54) is 0 Å². The van der Waals surface area contributed by atoms with E-state index in [1.54, 1.807) is 37.6 Å². The van der Waals surface area contributed by atoms with E-state index in [2.05, 4.69) is 32.4 Å². The number of aliphatic hydroxyl groups excluding tert-OH is 1. The summed E-state index contributed by atoms with van der Waals surface area (Å²) in [5, 5.41) is 14.7. The van der Waals surface area contributed by atoms with Crippen molar-refractivity contribution >= 4 is 29.5 Å². The lowest BCUT2D eigenvalue weighted by molar-refractivity contribution is -0.120.